The molecule has 0 aromatic heterocycles. The highest BCUT2D eigenvalue weighted by atomic mass is 15.2. The van der Waals surface area contributed by atoms with E-state index in [9.17, 15) is 0 Å². The summed E-state index contributed by atoms with van der Waals surface area (Å²) in [5, 5.41) is 0. The molecule has 0 spiro atoms. The van der Waals surface area contributed by atoms with Crippen LogP contribution in [0.5, 0.6) is 0 Å². The van der Waals surface area contributed by atoms with E-state index in [0.717, 1.165) is 19.5 Å². The summed E-state index contributed by atoms with van der Waals surface area (Å²) in [6.07, 6.45) is 14.5. The molecular weight excluding hydrogens is 665 g/mol. The van der Waals surface area contributed by atoms with E-state index in [1.807, 2.05) is 0 Å². The van der Waals surface area contributed by atoms with Crippen LogP contribution >= 0.6 is 0 Å². The Morgan fingerprint density at radius 3 is 1.58 bits per heavy atom. The molecule has 0 bridgehead atoms. The van der Waals surface area contributed by atoms with Gasteiger partial charge in [0.05, 0.1) is 0 Å². The lowest BCUT2D eigenvalue weighted by atomic mass is 9.88. The number of benzene rings is 6. The Kier molecular flexibility index (Phi) is 10.6. The second kappa shape index (κ2) is 16.2. The number of nitrogens with zero attached hydrogens (tertiary/aromatic N) is 2. The van der Waals surface area contributed by atoms with Crippen LogP contribution in [-0.2, 0) is 0 Å². The fourth-order valence-electron chi connectivity index (χ4n) is 8.21. The Morgan fingerprint density at radius 2 is 1.04 bits per heavy atom. The van der Waals surface area contributed by atoms with E-state index in [-0.39, 0.29) is 0 Å². The van der Waals surface area contributed by atoms with Crippen LogP contribution in [0.25, 0.3) is 23.3 Å². The van der Waals surface area contributed by atoms with Gasteiger partial charge in [-0.25, -0.2) is 0 Å². The third kappa shape index (κ3) is 8.11. The van der Waals surface area contributed by atoms with Crippen LogP contribution < -0.4 is 4.90 Å². The van der Waals surface area contributed by atoms with Gasteiger partial charge in [-0.2, -0.15) is 0 Å². The van der Waals surface area contributed by atoms with Gasteiger partial charge in [-0.15, -0.1) is 0 Å². The summed E-state index contributed by atoms with van der Waals surface area (Å²) in [7, 11) is 2.27. The second-order valence-electron chi connectivity index (χ2n) is 15.3. The first-order valence-corrected chi connectivity index (χ1v) is 19.6. The quantitative estimate of drug-likeness (QED) is 0.138. The lowest BCUT2D eigenvalue weighted by molar-refractivity contribution is 0.236. The molecule has 0 N–H and O–H groups in total. The van der Waals surface area contributed by atoms with Crippen LogP contribution in [-0.4, -0.2) is 31.1 Å². The van der Waals surface area contributed by atoms with Crippen molar-refractivity contribution >= 4 is 34.7 Å². The average Bonchev–Trinajstić information content (AvgIpc) is 3.53. The largest absolute Gasteiger partial charge is 0.337 e. The number of allylic oxidation sites excluding steroid dienone is 4. The topological polar surface area (TPSA) is 6.48 Å². The number of hydrogen-bond donors (Lipinski definition) is 0. The monoisotopic (exact) mass is 714 g/mol. The van der Waals surface area contributed by atoms with Crippen molar-refractivity contribution in [1.82, 2.24) is 4.90 Å². The molecule has 0 amide bonds. The lowest BCUT2D eigenvalue weighted by Gasteiger charge is -2.37. The SMILES string of the molecule is Cc1ccc(C(=C/C=C/c2ccc3c(c2)C2CN(C)CCC2N3c2ccc(/C=C/C=C(\c3ccccc3)c3ccc(C)cc3)cc2)c2ccc(C)cc2)cc1. The molecule has 0 radical (unpaired) electrons. The zero-order valence-electron chi connectivity index (χ0n) is 32.5. The molecule has 2 heteroatoms. The molecule has 55 heavy (non-hydrogen) atoms. The fraction of sp³-hybridized carbons (Fsp3) is 0.170. The molecule has 2 aliphatic heterocycles. The van der Waals surface area contributed by atoms with Crippen molar-refractivity contribution in [3.8, 4) is 0 Å². The van der Waals surface area contributed by atoms with Crippen LogP contribution in [0, 0.1) is 20.8 Å². The summed E-state index contributed by atoms with van der Waals surface area (Å²) < 4.78 is 0. The highest BCUT2D eigenvalue weighted by Gasteiger charge is 2.41. The van der Waals surface area contributed by atoms with Crippen molar-refractivity contribution in [3.63, 3.8) is 0 Å². The summed E-state index contributed by atoms with van der Waals surface area (Å²) in [5.41, 5.74) is 17.7. The highest BCUT2D eigenvalue weighted by molar-refractivity contribution is 5.83. The molecule has 2 unspecified atom stereocenters. The first kappa shape index (κ1) is 36.0. The molecule has 272 valence electrons. The van der Waals surface area contributed by atoms with Gasteiger partial charge in [0.2, 0.25) is 0 Å². The molecule has 2 atom stereocenters. The number of rotatable bonds is 9. The number of likely N-dealkylation sites (N-methyl/N-ethyl adjacent to an activating group) is 1. The number of piperidine rings is 1. The Bertz CT molecular complexity index is 2310. The molecule has 1 fully saturated rings. The molecular formula is C53H50N2. The van der Waals surface area contributed by atoms with E-state index in [2.05, 4.69) is 220 Å². The number of hydrogen-bond acceptors (Lipinski definition) is 2. The summed E-state index contributed by atoms with van der Waals surface area (Å²) in [6, 6.07) is 53.8. The van der Waals surface area contributed by atoms with Crippen LogP contribution in [0.15, 0.2) is 170 Å². The average molecular weight is 715 g/mol. The molecule has 6 aromatic rings. The Balaban J connectivity index is 1.06. The van der Waals surface area contributed by atoms with Gasteiger partial charge in [0.1, 0.15) is 0 Å². The van der Waals surface area contributed by atoms with Crippen molar-refractivity contribution in [1.29, 1.82) is 0 Å². The summed E-state index contributed by atoms with van der Waals surface area (Å²) in [6.45, 7) is 8.61. The third-order valence-electron chi connectivity index (χ3n) is 11.3. The standard InChI is InChI=1S/C53H50N2/c1-38-16-25-44(26-17-38)48(43-12-6-5-7-13-43)14-8-10-41-22-31-47(32-23-41)55-52-33-24-42(36-50(52)51-37-54(4)35-34-53(51)55)11-9-15-49(45-27-18-39(2)19-28-45)46-29-20-40(3)21-30-46/h5-33,36,51,53H,34-35,37H2,1-4H3/b10-8+,11-9+,48-14+. The van der Waals surface area contributed by atoms with E-state index in [1.54, 1.807) is 0 Å². The minimum Gasteiger partial charge on any atom is -0.337 e. The fourth-order valence-corrected chi connectivity index (χ4v) is 8.21. The third-order valence-corrected chi connectivity index (χ3v) is 11.3. The second-order valence-corrected chi connectivity index (χ2v) is 15.3. The van der Waals surface area contributed by atoms with E-state index < -0.39 is 0 Å². The van der Waals surface area contributed by atoms with Gasteiger partial charge in [-0.05, 0) is 115 Å². The summed E-state index contributed by atoms with van der Waals surface area (Å²) >= 11 is 0. The van der Waals surface area contributed by atoms with Gasteiger partial charge in [0.15, 0.2) is 0 Å². The number of aryl methyl sites for hydroxylation is 3. The van der Waals surface area contributed by atoms with Crippen LogP contribution in [0.2, 0.25) is 0 Å². The molecule has 6 aromatic carbocycles. The van der Waals surface area contributed by atoms with Gasteiger partial charge in [-0.3, -0.25) is 0 Å². The minimum absolute atomic E-state index is 0.451. The van der Waals surface area contributed by atoms with Gasteiger partial charge >= 0.3 is 0 Å². The zero-order chi connectivity index (χ0) is 37.7. The predicted octanol–water partition coefficient (Wildman–Crippen LogP) is 12.8. The maximum atomic E-state index is 2.62. The van der Waals surface area contributed by atoms with Gasteiger partial charge in [0.25, 0.3) is 0 Å². The first-order valence-electron chi connectivity index (χ1n) is 19.6. The minimum atomic E-state index is 0.451. The van der Waals surface area contributed by atoms with Crippen molar-refractivity contribution in [2.45, 2.75) is 39.2 Å². The Hall–Kier alpha value is -5.96. The molecule has 8 rings (SSSR count). The normalized spacial score (nSPS) is 17.1. The predicted molar refractivity (Wildman–Crippen MR) is 236 cm³/mol. The molecule has 0 aliphatic carbocycles. The summed E-state index contributed by atoms with van der Waals surface area (Å²) in [4.78, 5) is 5.11. The molecule has 2 heterocycles. The number of fused-ring (bicyclic) bond motifs is 3. The first-order chi connectivity index (χ1) is 26.9. The summed E-state index contributed by atoms with van der Waals surface area (Å²) in [5.74, 6) is 0.469. The molecule has 2 nitrogen and oxygen atoms in total. The highest BCUT2D eigenvalue weighted by Crippen LogP contribution is 2.48. The molecule has 1 saturated heterocycles. The number of anilines is 2. The van der Waals surface area contributed by atoms with Crippen LogP contribution in [0.4, 0.5) is 11.4 Å². The van der Waals surface area contributed by atoms with Crippen LogP contribution in [0.3, 0.4) is 0 Å². The Labute approximate surface area is 328 Å². The van der Waals surface area contributed by atoms with E-state index >= 15 is 0 Å². The van der Waals surface area contributed by atoms with Crippen molar-refractivity contribution in [2.24, 2.45) is 0 Å². The maximum absolute atomic E-state index is 2.62. The number of likely N-dealkylation sites (tertiary alicyclic amines) is 1. The zero-order valence-corrected chi connectivity index (χ0v) is 32.5. The van der Waals surface area contributed by atoms with Crippen molar-refractivity contribution in [3.05, 3.63) is 226 Å². The molecule has 0 saturated carbocycles. The van der Waals surface area contributed by atoms with Crippen LogP contribution in [0.1, 0.15) is 68.0 Å². The van der Waals surface area contributed by atoms with Crippen molar-refractivity contribution in [2.75, 3.05) is 25.0 Å². The van der Waals surface area contributed by atoms with Gasteiger partial charge in [0, 0.05) is 29.9 Å². The van der Waals surface area contributed by atoms with E-state index in [4.69, 9.17) is 0 Å². The van der Waals surface area contributed by atoms with E-state index in [0.29, 0.717) is 12.0 Å². The lowest BCUT2D eigenvalue weighted by Crippen LogP contribution is -2.43. The smallest absolute Gasteiger partial charge is 0.0450 e. The Morgan fingerprint density at radius 1 is 0.545 bits per heavy atom. The van der Waals surface area contributed by atoms with Crippen molar-refractivity contribution < 1.29 is 0 Å². The van der Waals surface area contributed by atoms with Gasteiger partial charge < -0.3 is 9.80 Å². The van der Waals surface area contributed by atoms with Gasteiger partial charge in [-0.1, -0.05) is 174 Å². The van der Waals surface area contributed by atoms with E-state index in [1.165, 1.54) is 78.2 Å². The molecule has 2 aliphatic rings. The maximum Gasteiger partial charge on any atom is 0.0450 e.